The third-order valence-corrected chi connectivity index (χ3v) is 3.77. The summed E-state index contributed by atoms with van der Waals surface area (Å²) in [7, 11) is 3.62. The number of methoxy groups -OCH3 is 1. The summed E-state index contributed by atoms with van der Waals surface area (Å²) in [6.07, 6.45) is 0. The van der Waals surface area contributed by atoms with Crippen LogP contribution in [0.25, 0.3) is 10.6 Å². The Balaban J connectivity index is 2.29. The molecule has 0 spiro atoms. The number of rotatable bonds is 4. The SMILES string of the molecule is CNCc1sc(-c2ccc(OC)cc2)nc1C. The summed E-state index contributed by atoms with van der Waals surface area (Å²) in [5, 5.41) is 4.22. The first kappa shape index (κ1) is 12.1. The Labute approximate surface area is 105 Å². The number of aromatic nitrogens is 1. The number of benzene rings is 1. The van der Waals surface area contributed by atoms with Gasteiger partial charge in [0.2, 0.25) is 0 Å². The van der Waals surface area contributed by atoms with Crippen molar-refractivity contribution >= 4 is 11.3 Å². The van der Waals surface area contributed by atoms with Crippen LogP contribution in [-0.4, -0.2) is 19.1 Å². The van der Waals surface area contributed by atoms with Crippen molar-refractivity contribution in [2.75, 3.05) is 14.2 Å². The van der Waals surface area contributed by atoms with Crippen LogP contribution in [-0.2, 0) is 6.54 Å². The Morgan fingerprint density at radius 1 is 1.29 bits per heavy atom. The summed E-state index contributed by atoms with van der Waals surface area (Å²) in [4.78, 5) is 5.88. The minimum Gasteiger partial charge on any atom is -0.497 e. The third-order valence-electron chi connectivity index (χ3n) is 2.57. The summed E-state index contributed by atoms with van der Waals surface area (Å²) >= 11 is 1.74. The fourth-order valence-electron chi connectivity index (χ4n) is 1.61. The van der Waals surface area contributed by atoms with Crippen molar-refractivity contribution in [2.45, 2.75) is 13.5 Å². The van der Waals surface area contributed by atoms with E-state index in [1.165, 1.54) is 4.88 Å². The van der Waals surface area contributed by atoms with Crippen molar-refractivity contribution in [3.05, 3.63) is 34.8 Å². The minimum absolute atomic E-state index is 0.873. The largest absolute Gasteiger partial charge is 0.497 e. The molecule has 0 bridgehead atoms. The van der Waals surface area contributed by atoms with E-state index in [-0.39, 0.29) is 0 Å². The zero-order chi connectivity index (χ0) is 12.3. The fourth-order valence-corrected chi connectivity index (χ4v) is 2.69. The van der Waals surface area contributed by atoms with Crippen molar-refractivity contribution < 1.29 is 4.74 Å². The molecule has 0 aliphatic carbocycles. The Morgan fingerprint density at radius 3 is 2.59 bits per heavy atom. The second-order valence-electron chi connectivity index (χ2n) is 3.79. The van der Waals surface area contributed by atoms with Gasteiger partial charge in [-0.05, 0) is 38.2 Å². The zero-order valence-electron chi connectivity index (χ0n) is 10.3. The standard InChI is InChI=1S/C13H16N2OS/c1-9-12(8-14-2)17-13(15-9)10-4-6-11(16-3)7-5-10/h4-7,14H,8H2,1-3H3. The van der Waals surface area contributed by atoms with Crippen LogP contribution < -0.4 is 10.1 Å². The van der Waals surface area contributed by atoms with Crippen molar-refractivity contribution in [3.63, 3.8) is 0 Å². The summed E-state index contributed by atoms with van der Waals surface area (Å²) in [6.45, 7) is 2.93. The highest BCUT2D eigenvalue weighted by atomic mass is 32.1. The van der Waals surface area contributed by atoms with Crippen LogP contribution in [0.3, 0.4) is 0 Å². The Kier molecular flexibility index (Phi) is 3.76. The lowest BCUT2D eigenvalue weighted by molar-refractivity contribution is 0.415. The zero-order valence-corrected chi connectivity index (χ0v) is 11.1. The topological polar surface area (TPSA) is 34.1 Å². The van der Waals surface area contributed by atoms with E-state index in [1.54, 1.807) is 18.4 Å². The molecule has 0 radical (unpaired) electrons. The van der Waals surface area contributed by atoms with Crippen LogP contribution in [0.15, 0.2) is 24.3 Å². The lowest BCUT2D eigenvalue weighted by Crippen LogP contribution is -2.04. The average molecular weight is 248 g/mol. The molecular formula is C13H16N2OS. The molecular weight excluding hydrogens is 232 g/mol. The van der Waals surface area contributed by atoms with E-state index < -0.39 is 0 Å². The molecule has 1 aromatic carbocycles. The molecule has 0 saturated carbocycles. The van der Waals surface area contributed by atoms with E-state index in [0.29, 0.717) is 0 Å². The molecule has 0 saturated heterocycles. The second-order valence-corrected chi connectivity index (χ2v) is 4.87. The van der Waals surface area contributed by atoms with Gasteiger partial charge in [0, 0.05) is 17.0 Å². The molecule has 0 amide bonds. The molecule has 4 heteroatoms. The van der Waals surface area contributed by atoms with Gasteiger partial charge < -0.3 is 10.1 Å². The molecule has 0 aliphatic heterocycles. The van der Waals surface area contributed by atoms with Crippen molar-refractivity contribution in [3.8, 4) is 16.3 Å². The smallest absolute Gasteiger partial charge is 0.123 e. The molecule has 2 aromatic rings. The van der Waals surface area contributed by atoms with Crippen molar-refractivity contribution in [1.29, 1.82) is 0 Å². The predicted molar refractivity (Wildman–Crippen MR) is 71.6 cm³/mol. The molecule has 1 N–H and O–H groups in total. The molecule has 0 unspecified atom stereocenters. The molecule has 0 fully saturated rings. The third kappa shape index (κ3) is 2.65. The van der Waals surface area contributed by atoms with E-state index in [4.69, 9.17) is 4.74 Å². The fraction of sp³-hybridized carbons (Fsp3) is 0.308. The van der Waals surface area contributed by atoms with Gasteiger partial charge in [0.05, 0.1) is 12.8 Å². The molecule has 0 atom stereocenters. The van der Waals surface area contributed by atoms with E-state index in [2.05, 4.69) is 17.2 Å². The first-order chi connectivity index (χ1) is 8.24. The van der Waals surface area contributed by atoms with E-state index in [9.17, 15) is 0 Å². The quantitative estimate of drug-likeness (QED) is 0.903. The van der Waals surface area contributed by atoms with Gasteiger partial charge in [0.25, 0.3) is 0 Å². The van der Waals surface area contributed by atoms with Gasteiger partial charge in [-0.15, -0.1) is 11.3 Å². The highest BCUT2D eigenvalue weighted by molar-refractivity contribution is 7.15. The lowest BCUT2D eigenvalue weighted by atomic mass is 10.2. The molecule has 2 rings (SSSR count). The molecule has 1 heterocycles. The number of ether oxygens (including phenoxy) is 1. The van der Waals surface area contributed by atoms with Crippen LogP contribution in [0.1, 0.15) is 10.6 Å². The highest BCUT2D eigenvalue weighted by Crippen LogP contribution is 2.28. The van der Waals surface area contributed by atoms with Gasteiger partial charge in [0.15, 0.2) is 0 Å². The van der Waals surface area contributed by atoms with Crippen LogP contribution >= 0.6 is 11.3 Å². The maximum Gasteiger partial charge on any atom is 0.123 e. The molecule has 0 aliphatic rings. The summed E-state index contributed by atoms with van der Waals surface area (Å²) in [5.74, 6) is 0.873. The van der Waals surface area contributed by atoms with E-state index >= 15 is 0 Å². The van der Waals surface area contributed by atoms with Crippen LogP contribution in [0, 0.1) is 6.92 Å². The van der Waals surface area contributed by atoms with Crippen molar-refractivity contribution in [1.82, 2.24) is 10.3 Å². The number of hydrogen-bond acceptors (Lipinski definition) is 4. The van der Waals surface area contributed by atoms with E-state index in [1.807, 2.05) is 31.3 Å². The van der Waals surface area contributed by atoms with E-state index in [0.717, 1.165) is 28.6 Å². The number of nitrogens with one attached hydrogen (secondary N) is 1. The monoisotopic (exact) mass is 248 g/mol. The summed E-state index contributed by atoms with van der Waals surface area (Å²) in [6, 6.07) is 8.01. The average Bonchev–Trinajstić information content (AvgIpc) is 2.72. The Bertz CT molecular complexity index is 491. The highest BCUT2D eigenvalue weighted by Gasteiger charge is 2.08. The Morgan fingerprint density at radius 2 is 2.00 bits per heavy atom. The number of nitrogens with zero attached hydrogens (tertiary/aromatic N) is 1. The summed E-state index contributed by atoms with van der Waals surface area (Å²) in [5.41, 5.74) is 2.25. The predicted octanol–water partition coefficient (Wildman–Crippen LogP) is 2.85. The molecule has 90 valence electrons. The van der Waals surface area contributed by atoms with Gasteiger partial charge in [-0.3, -0.25) is 0 Å². The first-order valence-corrected chi connectivity index (χ1v) is 6.31. The van der Waals surface area contributed by atoms with Gasteiger partial charge in [-0.2, -0.15) is 0 Å². The summed E-state index contributed by atoms with van der Waals surface area (Å²) < 4.78 is 5.15. The van der Waals surface area contributed by atoms with Crippen LogP contribution in [0.4, 0.5) is 0 Å². The van der Waals surface area contributed by atoms with Crippen LogP contribution in [0.2, 0.25) is 0 Å². The number of aryl methyl sites for hydroxylation is 1. The second kappa shape index (κ2) is 5.29. The normalized spacial score (nSPS) is 10.5. The molecule has 3 nitrogen and oxygen atoms in total. The Hall–Kier alpha value is -1.39. The number of hydrogen-bond donors (Lipinski definition) is 1. The van der Waals surface area contributed by atoms with Gasteiger partial charge in [-0.1, -0.05) is 0 Å². The maximum atomic E-state index is 5.15. The number of thiazole rings is 1. The van der Waals surface area contributed by atoms with Gasteiger partial charge in [-0.25, -0.2) is 4.98 Å². The van der Waals surface area contributed by atoms with Crippen molar-refractivity contribution in [2.24, 2.45) is 0 Å². The molecule has 1 aromatic heterocycles. The van der Waals surface area contributed by atoms with Gasteiger partial charge >= 0.3 is 0 Å². The lowest BCUT2D eigenvalue weighted by Gasteiger charge is -2.00. The first-order valence-electron chi connectivity index (χ1n) is 5.50. The minimum atomic E-state index is 0.873. The van der Waals surface area contributed by atoms with Gasteiger partial charge in [0.1, 0.15) is 10.8 Å². The molecule has 17 heavy (non-hydrogen) atoms. The maximum absolute atomic E-state index is 5.15. The van der Waals surface area contributed by atoms with Crippen LogP contribution in [0.5, 0.6) is 5.75 Å².